The second-order valence-electron chi connectivity index (χ2n) is 6.16. The molecule has 1 amide bonds. The number of nitrogens with one attached hydrogen (secondary N) is 2. The van der Waals surface area contributed by atoms with Crippen LogP contribution in [0.25, 0.3) is 11.0 Å². The Hall–Kier alpha value is -3.16. The number of hydrogen-bond acceptors (Lipinski definition) is 4. The maximum Gasteiger partial charge on any atom is 0.387 e. The van der Waals surface area contributed by atoms with Crippen molar-refractivity contribution in [2.24, 2.45) is 0 Å². The molecule has 2 N–H and O–H groups in total. The molecule has 148 valence electrons. The summed E-state index contributed by atoms with van der Waals surface area (Å²) in [6.07, 6.45) is 1.39. The van der Waals surface area contributed by atoms with E-state index >= 15 is 0 Å². The number of H-pyrrole nitrogens is 1. The average Bonchev–Trinajstić information content (AvgIpc) is 3.10. The number of aromatic nitrogens is 2. The molecule has 3 aromatic rings. The Balaban J connectivity index is 1.45. The maximum absolute atomic E-state index is 12.4. The topological polar surface area (TPSA) is 76.2 Å². The highest BCUT2D eigenvalue weighted by atomic mass is 19.3. The van der Waals surface area contributed by atoms with Gasteiger partial charge in [0.05, 0.1) is 18.1 Å². The van der Waals surface area contributed by atoms with Gasteiger partial charge in [-0.2, -0.15) is 8.78 Å². The van der Waals surface area contributed by atoms with Crippen LogP contribution in [0.1, 0.15) is 17.8 Å². The first-order valence-electron chi connectivity index (χ1n) is 8.87. The molecule has 0 saturated heterocycles. The summed E-state index contributed by atoms with van der Waals surface area (Å²) in [5.74, 6) is 0.908. The largest absolute Gasteiger partial charge is 0.493 e. The van der Waals surface area contributed by atoms with Crippen molar-refractivity contribution in [1.82, 2.24) is 15.3 Å². The van der Waals surface area contributed by atoms with Gasteiger partial charge in [0.2, 0.25) is 5.91 Å². The molecule has 0 fully saturated rings. The zero-order chi connectivity index (χ0) is 19.9. The number of imidazole rings is 1. The van der Waals surface area contributed by atoms with Gasteiger partial charge in [-0.05, 0) is 36.2 Å². The van der Waals surface area contributed by atoms with Gasteiger partial charge < -0.3 is 19.8 Å². The van der Waals surface area contributed by atoms with Gasteiger partial charge >= 0.3 is 6.61 Å². The second-order valence-corrected chi connectivity index (χ2v) is 6.16. The van der Waals surface area contributed by atoms with Gasteiger partial charge in [-0.15, -0.1) is 0 Å². The molecule has 6 nitrogen and oxygen atoms in total. The number of alkyl halides is 2. The zero-order valence-corrected chi connectivity index (χ0v) is 15.4. The summed E-state index contributed by atoms with van der Waals surface area (Å²) in [4.78, 5) is 19.7. The standard InChI is InChI=1S/C20H21F2N3O3/c1-27-17-12-13(6-7-16(17)28-20(21)22)10-11-23-19(26)9-8-18-24-14-4-2-3-5-15(14)25-18/h2-7,12,20H,8-11H2,1H3,(H,23,26)(H,24,25). The Kier molecular flexibility index (Phi) is 6.41. The molecule has 0 aliphatic rings. The molecule has 8 heteroatoms. The fourth-order valence-corrected chi connectivity index (χ4v) is 2.85. The molecular formula is C20H21F2N3O3. The van der Waals surface area contributed by atoms with Crippen molar-refractivity contribution >= 4 is 16.9 Å². The van der Waals surface area contributed by atoms with Gasteiger partial charge in [0.15, 0.2) is 11.5 Å². The lowest BCUT2D eigenvalue weighted by atomic mass is 10.1. The number of rotatable bonds is 9. The number of nitrogens with zero attached hydrogens (tertiary/aromatic N) is 1. The number of para-hydroxylation sites is 2. The number of carbonyl (C=O) groups is 1. The Morgan fingerprint density at radius 3 is 2.75 bits per heavy atom. The van der Waals surface area contributed by atoms with E-state index in [1.165, 1.54) is 13.2 Å². The molecule has 3 rings (SSSR count). The van der Waals surface area contributed by atoms with Gasteiger partial charge in [-0.3, -0.25) is 4.79 Å². The van der Waals surface area contributed by atoms with Gasteiger partial charge in [-0.25, -0.2) is 4.98 Å². The third-order valence-electron chi connectivity index (χ3n) is 4.21. The van der Waals surface area contributed by atoms with Crippen molar-refractivity contribution in [3.8, 4) is 11.5 Å². The highest BCUT2D eigenvalue weighted by Crippen LogP contribution is 2.29. The van der Waals surface area contributed by atoms with Crippen molar-refractivity contribution in [2.45, 2.75) is 25.9 Å². The van der Waals surface area contributed by atoms with Gasteiger partial charge in [0, 0.05) is 19.4 Å². The zero-order valence-electron chi connectivity index (χ0n) is 15.4. The van der Waals surface area contributed by atoms with Crippen LogP contribution in [0.3, 0.4) is 0 Å². The van der Waals surface area contributed by atoms with Crippen LogP contribution in [-0.4, -0.2) is 36.1 Å². The molecule has 2 aromatic carbocycles. The molecule has 0 aliphatic heterocycles. The molecule has 0 unspecified atom stereocenters. The summed E-state index contributed by atoms with van der Waals surface area (Å²) in [6.45, 7) is -2.48. The summed E-state index contributed by atoms with van der Waals surface area (Å²) in [6, 6.07) is 12.4. The predicted octanol–water partition coefficient (Wildman–Crippen LogP) is 3.46. The molecular weight excluding hydrogens is 368 g/mol. The number of amides is 1. The Bertz CT molecular complexity index is 910. The van der Waals surface area contributed by atoms with Crippen LogP contribution < -0.4 is 14.8 Å². The number of carbonyl (C=O) groups excluding carboxylic acids is 1. The van der Waals surface area contributed by atoms with Crippen molar-refractivity contribution < 1.29 is 23.0 Å². The van der Waals surface area contributed by atoms with E-state index in [4.69, 9.17) is 4.74 Å². The summed E-state index contributed by atoms with van der Waals surface area (Å²) in [5, 5.41) is 2.85. The first-order chi connectivity index (χ1) is 13.5. The molecule has 1 aromatic heterocycles. The number of ether oxygens (including phenoxy) is 2. The molecule has 0 spiro atoms. The van der Waals surface area contributed by atoms with E-state index in [0.29, 0.717) is 25.8 Å². The smallest absolute Gasteiger partial charge is 0.387 e. The third kappa shape index (κ3) is 5.18. The molecule has 0 radical (unpaired) electrons. The Morgan fingerprint density at radius 1 is 1.18 bits per heavy atom. The fraction of sp³-hybridized carbons (Fsp3) is 0.300. The third-order valence-corrected chi connectivity index (χ3v) is 4.21. The van der Waals surface area contributed by atoms with E-state index in [1.807, 2.05) is 24.3 Å². The molecule has 0 saturated carbocycles. The van der Waals surface area contributed by atoms with E-state index in [2.05, 4.69) is 20.0 Å². The highest BCUT2D eigenvalue weighted by molar-refractivity contribution is 5.77. The van der Waals surface area contributed by atoms with E-state index in [-0.39, 0.29) is 17.4 Å². The number of methoxy groups -OCH3 is 1. The van der Waals surface area contributed by atoms with Crippen molar-refractivity contribution in [2.75, 3.05) is 13.7 Å². The number of aromatic amines is 1. The molecule has 0 bridgehead atoms. The van der Waals surface area contributed by atoms with Gasteiger partial charge in [-0.1, -0.05) is 18.2 Å². The van der Waals surface area contributed by atoms with E-state index in [9.17, 15) is 13.6 Å². The van der Waals surface area contributed by atoms with E-state index in [1.54, 1.807) is 12.1 Å². The minimum absolute atomic E-state index is 0.0175. The monoisotopic (exact) mass is 389 g/mol. The molecule has 0 atom stereocenters. The van der Waals surface area contributed by atoms with Crippen LogP contribution in [0, 0.1) is 0 Å². The number of benzene rings is 2. The highest BCUT2D eigenvalue weighted by Gasteiger charge is 2.11. The lowest BCUT2D eigenvalue weighted by Gasteiger charge is -2.11. The van der Waals surface area contributed by atoms with Gasteiger partial charge in [0.1, 0.15) is 5.82 Å². The first kappa shape index (κ1) is 19.6. The van der Waals surface area contributed by atoms with E-state index in [0.717, 1.165) is 22.4 Å². The lowest BCUT2D eigenvalue weighted by molar-refractivity contribution is -0.121. The van der Waals surface area contributed by atoms with Crippen LogP contribution in [0.4, 0.5) is 8.78 Å². The number of fused-ring (bicyclic) bond motifs is 1. The Morgan fingerprint density at radius 2 is 2.00 bits per heavy atom. The lowest BCUT2D eigenvalue weighted by Crippen LogP contribution is -2.26. The number of aryl methyl sites for hydroxylation is 1. The first-order valence-corrected chi connectivity index (χ1v) is 8.87. The summed E-state index contributed by atoms with van der Waals surface area (Å²) < 4.78 is 34.2. The minimum Gasteiger partial charge on any atom is -0.493 e. The number of hydrogen-bond donors (Lipinski definition) is 2. The van der Waals surface area contributed by atoms with Gasteiger partial charge in [0.25, 0.3) is 0 Å². The van der Waals surface area contributed by atoms with Crippen LogP contribution in [0.15, 0.2) is 42.5 Å². The molecule has 0 aliphatic carbocycles. The normalized spacial score (nSPS) is 11.0. The van der Waals surface area contributed by atoms with Crippen LogP contribution in [0.2, 0.25) is 0 Å². The summed E-state index contributed by atoms with van der Waals surface area (Å²) in [7, 11) is 1.39. The van der Waals surface area contributed by atoms with Crippen molar-refractivity contribution in [1.29, 1.82) is 0 Å². The van der Waals surface area contributed by atoms with Crippen LogP contribution >= 0.6 is 0 Å². The summed E-state index contributed by atoms with van der Waals surface area (Å²) >= 11 is 0. The van der Waals surface area contributed by atoms with E-state index < -0.39 is 6.61 Å². The minimum atomic E-state index is -2.91. The van der Waals surface area contributed by atoms with Crippen molar-refractivity contribution in [3.63, 3.8) is 0 Å². The molecule has 1 heterocycles. The second kappa shape index (κ2) is 9.16. The van der Waals surface area contributed by atoms with Crippen LogP contribution in [-0.2, 0) is 17.6 Å². The average molecular weight is 389 g/mol. The Labute approximate surface area is 160 Å². The maximum atomic E-state index is 12.4. The number of halogens is 2. The quantitative estimate of drug-likeness (QED) is 0.588. The van der Waals surface area contributed by atoms with Crippen molar-refractivity contribution in [3.05, 3.63) is 53.9 Å². The predicted molar refractivity (Wildman–Crippen MR) is 101 cm³/mol. The fourth-order valence-electron chi connectivity index (χ4n) is 2.85. The molecule has 28 heavy (non-hydrogen) atoms. The summed E-state index contributed by atoms with van der Waals surface area (Å²) in [5.41, 5.74) is 2.67. The SMILES string of the molecule is COc1cc(CCNC(=O)CCc2nc3ccccc3[nH]2)ccc1OC(F)F. The van der Waals surface area contributed by atoms with Crippen LogP contribution in [0.5, 0.6) is 11.5 Å².